The zero-order valence-electron chi connectivity index (χ0n) is 15.0. The molecule has 1 atom stereocenters. The highest BCUT2D eigenvalue weighted by Gasteiger charge is 2.56. The maximum absolute atomic E-state index is 14.4. The van der Waals surface area contributed by atoms with Gasteiger partial charge < -0.3 is 5.32 Å². The molecule has 0 aromatic heterocycles. The molecule has 0 bridgehead atoms. The van der Waals surface area contributed by atoms with Gasteiger partial charge in [0.25, 0.3) is 5.92 Å². The van der Waals surface area contributed by atoms with E-state index < -0.39 is 40.2 Å². The zero-order valence-corrected chi connectivity index (χ0v) is 15.8. The predicted octanol–water partition coefficient (Wildman–Crippen LogP) is 2.74. The van der Waals surface area contributed by atoms with Crippen LogP contribution in [-0.2, 0) is 14.8 Å². The van der Waals surface area contributed by atoms with Gasteiger partial charge in [-0.1, -0.05) is 26.0 Å². The summed E-state index contributed by atoms with van der Waals surface area (Å²) >= 11 is 0. The molecule has 0 radical (unpaired) electrons. The van der Waals surface area contributed by atoms with Crippen molar-refractivity contribution in [1.82, 2.24) is 9.62 Å². The molecule has 144 valence electrons. The molecule has 1 N–H and O–H groups in total. The number of halogens is 2. The normalized spacial score (nSPS) is 26.9. The van der Waals surface area contributed by atoms with Crippen LogP contribution < -0.4 is 5.32 Å². The Hall–Kier alpha value is -1.54. The summed E-state index contributed by atoms with van der Waals surface area (Å²) in [7, 11) is -4.10. The lowest BCUT2D eigenvalue weighted by molar-refractivity contribution is -0.151. The predicted molar refractivity (Wildman–Crippen MR) is 93.5 cm³/mol. The largest absolute Gasteiger partial charge is 0.356 e. The molecule has 2 saturated heterocycles. The van der Waals surface area contributed by atoms with Crippen molar-refractivity contribution in [2.75, 3.05) is 19.6 Å². The van der Waals surface area contributed by atoms with E-state index in [1.165, 1.54) is 12.1 Å². The third-order valence-electron chi connectivity index (χ3n) is 5.27. The molecule has 1 spiro atoms. The molecule has 2 fully saturated rings. The lowest BCUT2D eigenvalue weighted by Gasteiger charge is -2.46. The molecule has 8 heteroatoms. The summed E-state index contributed by atoms with van der Waals surface area (Å²) in [6.07, 6.45) is 0.232. The van der Waals surface area contributed by atoms with Crippen LogP contribution in [0, 0.1) is 5.41 Å². The van der Waals surface area contributed by atoms with Crippen molar-refractivity contribution in [3.05, 3.63) is 29.8 Å². The minimum Gasteiger partial charge on any atom is -0.356 e. The van der Waals surface area contributed by atoms with Crippen molar-refractivity contribution in [3.8, 4) is 0 Å². The number of rotatable bonds is 3. The van der Waals surface area contributed by atoms with Crippen molar-refractivity contribution < 1.29 is 22.0 Å². The second-order valence-corrected chi connectivity index (χ2v) is 9.61. The smallest absolute Gasteiger partial charge is 0.262 e. The van der Waals surface area contributed by atoms with Gasteiger partial charge in [0.15, 0.2) is 0 Å². The number of benzene rings is 1. The molecule has 5 nitrogen and oxygen atoms in total. The first-order chi connectivity index (χ1) is 12.1. The van der Waals surface area contributed by atoms with Crippen LogP contribution in [0.5, 0.6) is 0 Å². The van der Waals surface area contributed by atoms with E-state index >= 15 is 0 Å². The van der Waals surface area contributed by atoms with Crippen molar-refractivity contribution in [3.63, 3.8) is 0 Å². The zero-order chi connectivity index (χ0) is 19.2. The Morgan fingerprint density at radius 1 is 1.15 bits per heavy atom. The summed E-state index contributed by atoms with van der Waals surface area (Å²) < 4.78 is 55.5. The standard InChI is InChI=1S/C18H24F2N2O3S/c1-13(2)14-4-6-15(7-5-14)26(24,25)22-11-17(10-18(19,20)12-22)8-3-9-21-16(17)23/h4-7,13H,3,8-12H2,1-2H3,(H,21,23). The fraction of sp³-hybridized carbons (Fsp3) is 0.611. The van der Waals surface area contributed by atoms with E-state index in [4.69, 9.17) is 0 Å². The number of hydrogen-bond acceptors (Lipinski definition) is 3. The van der Waals surface area contributed by atoms with Crippen molar-refractivity contribution in [1.29, 1.82) is 0 Å². The Balaban J connectivity index is 1.94. The summed E-state index contributed by atoms with van der Waals surface area (Å²) in [6, 6.07) is 6.29. The number of carbonyl (C=O) groups is 1. The van der Waals surface area contributed by atoms with Crippen LogP contribution in [0.4, 0.5) is 8.78 Å². The quantitative estimate of drug-likeness (QED) is 0.869. The molecule has 2 aliphatic heterocycles. The number of hydrogen-bond donors (Lipinski definition) is 1. The summed E-state index contributed by atoms with van der Waals surface area (Å²) in [5, 5.41) is 2.62. The minimum absolute atomic E-state index is 0.0223. The highest BCUT2D eigenvalue weighted by molar-refractivity contribution is 7.89. The van der Waals surface area contributed by atoms with Gasteiger partial charge in [-0.2, -0.15) is 4.31 Å². The molecular weight excluding hydrogens is 362 g/mol. The van der Waals surface area contributed by atoms with E-state index in [1.807, 2.05) is 13.8 Å². The number of nitrogens with one attached hydrogen (secondary N) is 1. The molecule has 26 heavy (non-hydrogen) atoms. The number of alkyl halides is 2. The van der Waals surface area contributed by atoms with Crippen molar-refractivity contribution in [2.45, 2.75) is 49.8 Å². The van der Waals surface area contributed by atoms with Gasteiger partial charge in [0.2, 0.25) is 15.9 Å². The molecule has 0 aliphatic carbocycles. The molecule has 1 aromatic rings. The summed E-state index contributed by atoms with van der Waals surface area (Å²) in [5.74, 6) is -3.48. The van der Waals surface area contributed by atoms with Gasteiger partial charge in [-0.15, -0.1) is 0 Å². The lowest BCUT2D eigenvalue weighted by atomic mass is 9.73. The summed E-state index contributed by atoms with van der Waals surface area (Å²) in [5.41, 5.74) is -0.388. The molecule has 3 rings (SSSR count). The Morgan fingerprint density at radius 2 is 1.81 bits per heavy atom. The monoisotopic (exact) mass is 386 g/mol. The van der Waals surface area contributed by atoms with Crippen LogP contribution in [-0.4, -0.2) is 44.2 Å². The molecule has 2 heterocycles. The number of carbonyl (C=O) groups excluding carboxylic acids is 1. The number of sulfonamides is 1. The van der Waals surface area contributed by atoms with Gasteiger partial charge in [0.1, 0.15) is 0 Å². The fourth-order valence-electron chi connectivity index (χ4n) is 3.85. The Morgan fingerprint density at radius 3 is 2.38 bits per heavy atom. The van der Waals surface area contributed by atoms with Crippen LogP contribution in [0.2, 0.25) is 0 Å². The Bertz CT molecular complexity index is 793. The summed E-state index contributed by atoms with van der Waals surface area (Å²) in [6.45, 7) is 3.31. The molecule has 1 aromatic carbocycles. The maximum Gasteiger partial charge on any atom is 0.262 e. The van der Waals surface area contributed by atoms with Gasteiger partial charge in [0, 0.05) is 19.5 Å². The second kappa shape index (κ2) is 6.56. The molecule has 1 amide bonds. The highest BCUT2D eigenvalue weighted by atomic mass is 32.2. The maximum atomic E-state index is 14.4. The third-order valence-corrected chi connectivity index (χ3v) is 7.07. The van der Waals surface area contributed by atoms with Gasteiger partial charge in [-0.25, -0.2) is 17.2 Å². The van der Waals surface area contributed by atoms with Crippen LogP contribution in [0.1, 0.15) is 44.6 Å². The lowest BCUT2D eigenvalue weighted by Crippen LogP contribution is -2.61. The average Bonchev–Trinajstić information content (AvgIpc) is 2.56. The van der Waals surface area contributed by atoms with Gasteiger partial charge in [-0.3, -0.25) is 4.79 Å². The van der Waals surface area contributed by atoms with Crippen LogP contribution in [0.3, 0.4) is 0 Å². The average molecular weight is 386 g/mol. The fourth-order valence-corrected chi connectivity index (χ4v) is 5.41. The van der Waals surface area contributed by atoms with E-state index in [0.29, 0.717) is 13.0 Å². The first-order valence-electron chi connectivity index (χ1n) is 8.82. The second-order valence-electron chi connectivity index (χ2n) is 7.67. The van der Waals surface area contributed by atoms with Gasteiger partial charge >= 0.3 is 0 Å². The highest BCUT2D eigenvalue weighted by Crippen LogP contribution is 2.44. The van der Waals surface area contributed by atoms with E-state index in [0.717, 1.165) is 9.87 Å². The van der Waals surface area contributed by atoms with Crippen LogP contribution in [0.25, 0.3) is 0 Å². The molecule has 2 aliphatic rings. The topological polar surface area (TPSA) is 66.5 Å². The first kappa shape index (κ1) is 19.2. The molecular formula is C18H24F2N2O3S. The van der Waals surface area contributed by atoms with Crippen molar-refractivity contribution >= 4 is 15.9 Å². The van der Waals surface area contributed by atoms with Gasteiger partial charge in [-0.05, 0) is 36.5 Å². The first-order valence-corrected chi connectivity index (χ1v) is 10.3. The third kappa shape index (κ3) is 3.49. The van der Waals surface area contributed by atoms with E-state index in [2.05, 4.69) is 5.32 Å². The summed E-state index contributed by atoms with van der Waals surface area (Å²) in [4.78, 5) is 12.3. The Labute approximate surface area is 152 Å². The SMILES string of the molecule is CC(C)c1ccc(S(=O)(=O)N2CC(F)(F)CC3(CCCNC3=O)C2)cc1. The van der Waals surface area contributed by atoms with Gasteiger partial charge in [0.05, 0.1) is 16.9 Å². The Kier molecular flexibility index (Phi) is 4.85. The molecule has 1 unspecified atom stereocenters. The van der Waals surface area contributed by atoms with E-state index in [-0.39, 0.29) is 23.8 Å². The number of nitrogens with zero attached hydrogens (tertiary/aromatic N) is 1. The number of piperidine rings is 2. The minimum atomic E-state index is -4.10. The van der Waals surface area contributed by atoms with Crippen molar-refractivity contribution in [2.24, 2.45) is 5.41 Å². The van der Waals surface area contributed by atoms with E-state index in [1.54, 1.807) is 12.1 Å². The van der Waals surface area contributed by atoms with Crippen LogP contribution >= 0.6 is 0 Å². The molecule has 0 saturated carbocycles. The van der Waals surface area contributed by atoms with Crippen LogP contribution in [0.15, 0.2) is 29.2 Å². The van der Waals surface area contributed by atoms with E-state index in [9.17, 15) is 22.0 Å². The number of amides is 1.